The van der Waals surface area contributed by atoms with Crippen molar-refractivity contribution in [2.75, 3.05) is 20.8 Å². The van der Waals surface area contributed by atoms with Gasteiger partial charge in [-0.2, -0.15) is 0 Å². The van der Waals surface area contributed by atoms with E-state index in [1.54, 1.807) is 25.7 Å². The molecule has 0 fully saturated rings. The summed E-state index contributed by atoms with van der Waals surface area (Å²) >= 11 is 0. The summed E-state index contributed by atoms with van der Waals surface area (Å²) in [6.45, 7) is 5.53. The molecule has 31 heavy (non-hydrogen) atoms. The molecule has 0 saturated heterocycles. The Morgan fingerprint density at radius 1 is 1.03 bits per heavy atom. The molecule has 7 heteroatoms. The van der Waals surface area contributed by atoms with E-state index < -0.39 is 0 Å². The molecule has 0 spiro atoms. The minimum absolute atomic E-state index is 0.128. The molecule has 2 aromatic carbocycles. The van der Waals surface area contributed by atoms with Gasteiger partial charge in [0.1, 0.15) is 0 Å². The van der Waals surface area contributed by atoms with Gasteiger partial charge in [-0.1, -0.05) is 12.1 Å². The Kier molecular flexibility index (Phi) is 5.69. The molecule has 0 radical (unpaired) electrons. The van der Waals surface area contributed by atoms with Crippen molar-refractivity contribution in [1.82, 2.24) is 19.5 Å². The number of ether oxygens (including phenoxy) is 2. The zero-order valence-corrected chi connectivity index (χ0v) is 18.7. The van der Waals surface area contributed by atoms with E-state index in [9.17, 15) is 4.79 Å². The van der Waals surface area contributed by atoms with Crippen molar-refractivity contribution in [3.63, 3.8) is 0 Å². The van der Waals surface area contributed by atoms with Gasteiger partial charge < -0.3 is 14.8 Å². The molecule has 1 N–H and O–H groups in total. The van der Waals surface area contributed by atoms with Gasteiger partial charge in [0.15, 0.2) is 17.1 Å². The van der Waals surface area contributed by atoms with Crippen LogP contribution in [0.15, 0.2) is 41.2 Å². The van der Waals surface area contributed by atoms with E-state index in [2.05, 4.69) is 29.5 Å². The molecular weight excluding hydrogens is 392 g/mol. The molecule has 2 heterocycles. The maximum Gasteiger partial charge on any atom is 0.350 e. The van der Waals surface area contributed by atoms with E-state index in [4.69, 9.17) is 9.47 Å². The van der Waals surface area contributed by atoms with Crippen LogP contribution in [0.5, 0.6) is 11.5 Å². The number of methoxy groups -OCH3 is 2. The van der Waals surface area contributed by atoms with E-state index >= 15 is 0 Å². The van der Waals surface area contributed by atoms with Crippen LogP contribution < -0.4 is 20.5 Å². The van der Waals surface area contributed by atoms with Gasteiger partial charge in [0.25, 0.3) is 0 Å². The second-order valence-electron chi connectivity index (χ2n) is 7.87. The van der Waals surface area contributed by atoms with Gasteiger partial charge in [-0.05, 0) is 67.8 Å². The van der Waals surface area contributed by atoms with Crippen LogP contribution in [0.2, 0.25) is 0 Å². The number of aryl methyl sites for hydroxylation is 3. The van der Waals surface area contributed by atoms with Crippen molar-refractivity contribution < 1.29 is 9.47 Å². The highest BCUT2D eigenvalue weighted by atomic mass is 16.5. The van der Waals surface area contributed by atoms with Crippen LogP contribution in [0.1, 0.15) is 22.3 Å². The van der Waals surface area contributed by atoms with E-state index in [0.29, 0.717) is 12.2 Å². The fourth-order valence-electron chi connectivity index (χ4n) is 4.08. The fourth-order valence-corrected chi connectivity index (χ4v) is 4.08. The van der Waals surface area contributed by atoms with Gasteiger partial charge in [0, 0.05) is 24.5 Å². The summed E-state index contributed by atoms with van der Waals surface area (Å²) in [5.74, 6) is 1.46. The summed E-state index contributed by atoms with van der Waals surface area (Å²) in [6.07, 6.45) is 0.845. The number of hydrogen-bond acceptors (Lipinski definition) is 5. The number of fused-ring (bicyclic) bond motifs is 3. The Balaban J connectivity index is 1.59. The Labute approximate surface area is 181 Å². The molecule has 4 rings (SSSR count). The standard InChI is InChI=1S/C24H28N4O3/c1-15-10-16(2)19-13-18(23-26-27(3)24(29)28(23)20(19)11-15)14-25-9-8-17-6-7-21(30-4)22(12-17)31-5/h6-7,10-13,25H,8-9,14H2,1-5H3. The van der Waals surface area contributed by atoms with Gasteiger partial charge in [-0.25, -0.2) is 13.9 Å². The lowest BCUT2D eigenvalue weighted by Gasteiger charge is -2.12. The van der Waals surface area contributed by atoms with Crippen molar-refractivity contribution >= 4 is 16.6 Å². The lowest BCUT2D eigenvalue weighted by molar-refractivity contribution is 0.354. The predicted molar refractivity (Wildman–Crippen MR) is 122 cm³/mol. The number of benzene rings is 2. The topological polar surface area (TPSA) is 69.8 Å². The number of nitrogens with zero attached hydrogens (tertiary/aromatic N) is 3. The largest absolute Gasteiger partial charge is 0.493 e. The van der Waals surface area contributed by atoms with Crippen LogP contribution in [0.3, 0.4) is 0 Å². The number of nitrogens with one attached hydrogen (secondary N) is 1. The first-order valence-corrected chi connectivity index (χ1v) is 10.3. The number of pyridine rings is 1. The molecule has 0 saturated carbocycles. The second kappa shape index (κ2) is 8.43. The average molecular weight is 421 g/mol. The molecule has 0 atom stereocenters. The van der Waals surface area contributed by atoms with E-state index in [0.717, 1.165) is 57.6 Å². The van der Waals surface area contributed by atoms with Crippen LogP contribution in [0.25, 0.3) is 16.6 Å². The lowest BCUT2D eigenvalue weighted by atomic mass is 10.0. The third-order valence-electron chi connectivity index (χ3n) is 5.63. The van der Waals surface area contributed by atoms with Gasteiger partial charge in [-0.15, -0.1) is 5.10 Å². The highest BCUT2D eigenvalue weighted by Crippen LogP contribution is 2.28. The Morgan fingerprint density at radius 2 is 1.81 bits per heavy atom. The monoisotopic (exact) mass is 420 g/mol. The molecular formula is C24H28N4O3. The van der Waals surface area contributed by atoms with Crippen LogP contribution in [0, 0.1) is 13.8 Å². The number of aromatic nitrogens is 3. The van der Waals surface area contributed by atoms with Gasteiger partial charge in [-0.3, -0.25) is 0 Å². The molecule has 0 bridgehead atoms. The zero-order chi connectivity index (χ0) is 22.1. The van der Waals surface area contributed by atoms with Crippen molar-refractivity contribution in [2.24, 2.45) is 7.05 Å². The lowest BCUT2D eigenvalue weighted by Crippen LogP contribution is -2.20. The Morgan fingerprint density at radius 3 is 2.55 bits per heavy atom. The van der Waals surface area contributed by atoms with E-state index in [-0.39, 0.29) is 5.69 Å². The summed E-state index contributed by atoms with van der Waals surface area (Å²) in [5.41, 5.74) is 5.92. The van der Waals surface area contributed by atoms with Crippen LogP contribution in [-0.2, 0) is 20.0 Å². The number of rotatable bonds is 7. The summed E-state index contributed by atoms with van der Waals surface area (Å²) < 4.78 is 13.8. The molecule has 0 unspecified atom stereocenters. The van der Waals surface area contributed by atoms with Crippen molar-refractivity contribution in [3.05, 3.63) is 69.1 Å². The third kappa shape index (κ3) is 3.88. The van der Waals surface area contributed by atoms with Crippen molar-refractivity contribution in [3.8, 4) is 11.5 Å². The van der Waals surface area contributed by atoms with Crippen LogP contribution >= 0.6 is 0 Å². The smallest absolute Gasteiger partial charge is 0.350 e. The summed E-state index contributed by atoms with van der Waals surface area (Å²) in [4.78, 5) is 12.8. The highest BCUT2D eigenvalue weighted by Gasteiger charge is 2.14. The van der Waals surface area contributed by atoms with Gasteiger partial charge in [0.05, 0.1) is 19.7 Å². The minimum Gasteiger partial charge on any atom is -0.493 e. The third-order valence-corrected chi connectivity index (χ3v) is 5.63. The van der Waals surface area contributed by atoms with E-state index in [1.807, 2.05) is 31.2 Å². The molecule has 2 aromatic heterocycles. The first kappa shape index (κ1) is 20.9. The maximum absolute atomic E-state index is 12.8. The molecule has 0 aliphatic heterocycles. The zero-order valence-electron chi connectivity index (χ0n) is 18.7. The summed E-state index contributed by atoms with van der Waals surface area (Å²) in [7, 11) is 4.97. The molecule has 0 aliphatic rings. The van der Waals surface area contributed by atoms with Crippen LogP contribution in [-0.4, -0.2) is 34.9 Å². The highest BCUT2D eigenvalue weighted by molar-refractivity contribution is 5.87. The molecule has 0 amide bonds. The molecule has 7 nitrogen and oxygen atoms in total. The van der Waals surface area contributed by atoms with Gasteiger partial charge in [0.2, 0.25) is 0 Å². The SMILES string of the molecule is COc1ccc(CCNCc2cc3c(C)cc(C)cc3n3c(=O)n(C)nc23)cc1OC. The summed E-state index contributed by atoms with van der Waals surface area (Å²) in [6, 6.07) is 12.3. The summed E-state index contributed by atoms with van der Waals surface area (Å²) in [5, 5.41) is 9.07. The van der Waals surface area contributed by atoms with Crippen molar-refractivity contribution in [1.29, 1.82) is 0 Å². The number of hydrogen-bond donors (Lipinski definition) is 1. The second-order valence-corrected chi connectivity index (χ2v) is 7.87. The minimum atomic E-state index is -0.128. The van der Waals surface area contributed by atoms with E-state index in [1.165, 1.54) is 4.68 Å². The maximum atomic E-state index is 12.8. The van der Waals surface area contributed by atoms with Crippen molar-refractivity contribution in [2.45, 2.75) is 26.8 Å². The predicted octanol–water partition coefficient (Wildman–Crippen LogP) is 3.15. The van der Waals surface area contributed by atoms with Gasteiger partial charge >= 0.3 is 5.69 Å². The molecule has 4 aromatic rings. The first-order chi connectivity index (χ1) is 14.9. The van der Waals surface area contributed by atoms with Crippen LogP contribution in [0.4, 0.5) is 0 Å². The first-order valence-electron chi connectivity index (χ1n) is 10.3. The molecule has 0 aliphatic carbocycles. The quantitative estimate of drug-likeness (QED) is 0.465. The average Bonchev–Trinajstić information content (AvgIpc) is 3.06. The Bertz CT molecular complexity index is 1320. The normalized spacial score (nSPS) is 11.4. The molecule has 162 valence electrons. The Hall–Kier alpha value is -3.32. The fraction of sp³-hybridized carbons (Fsp3) is 0.333.